The Hall–Kier alpha value is -0.760. The largest absolute Gasteiger partial charge is 0.319 e. The van der Waals surface area contributed by atoms with Crippen molar-refractivity contribution in [3.05, 3.63) is 29.8 Å². The highest BCUT2D eigenvalue weighted by Crippen LogP contribution is 2.26. The molecule has 1 aliphatic rings. The Morgan fingerprint density at radius 1 is 1.24 bits per heavy atom. The number of piperidine rings is 1. The van der Waals surface area contributed by atoms with Crippen molar-refractivity contribution in [2.24, 2.45) is 5.92 Å². The van der Waals surface area contributed by atoms with Crippen molar-refractivity contribution < 1.29 is 17.2 Å². The molecule has 1 aromatic carbocycles. The van der Waals surface area contributed by atoms with Crippen LogP contribution in [0.5, 0.6) is 0 Å². The molecule has 0 aromatic heterocycles. The first-order valence-electron chi connectivity index (χ1n) is 6.55. The molecule has 2 rings (SSSR count). The SMILES string of the molecule is CNCC1CCN(S(=O)(=O)c2c(F)cccc2F)CC1.Cl. The van der Waals surface area contributed by atoms with Crippen LogP contribution >= 0.6 is 12.4 Å². The average molecular weight is 341 g/mol. The van der Waals surface area contributed by atoms with Gasteiger partial charge in [-0.2, -0.15) is 4.31 Å². The van der Waals surface area contributed by atoms with Gasteiger partial charge in [0, 0.05) is 13.1 Å². The van der Waals surface area contributed by atoms with E-state index in [0.29, 0.717) is 31.8 Å². The Balaban J connectivity index is 0.00000220. The van der Waals surface area contributed by atoms with Gasteiger partial charge >= 0.3 is 0 Å². The van der Waals surface area contributed by atoms with Crippen molar-refractivity contribution in [2.75, 3.05) is 26.7 Å². The highest BCUT2D eigenvalue weighted by atomic mass is 35.5. The number of nitrogens with one attached hydrogen (secondary N) is 1. The van der Waals surface area contributed by atoms with Gasteiger partial charge in [0.1, 0.15) is 11.6 Å². The Bertz CT molecular complexity index is 555. The maximum atomic E-state index is 13.6. The van der Waals surface area contributed by atoms with E-state index in [4.69, 9.17) is 0 Å². The topological polar surface area (TPSA) is 49.4 Å². The predicted molar refractivity (Wildman–Crippen MR) is 79.0 cm³/mol. The van der Waals surface area contributed by atoms with Gasteiger partial charge in [-0.3, -0.25) is 0 Å². The molecular formula is C13H19ClF2N2O2S. The quantitative estimate of drug-likeness (QED) is 0.912. The number of benzene rings is 1. The number of rotatable bonds is 4. The van der Waals surface area contributed by atoms with E-state index in [9.17, 15) is 17.2 Å². The summed E-state index contributed by atoms with van der Waals surface area (Å²) in [5, 5.41) is 3.05. The second kappa shape index (κ2) is 7.49. The van der Waals surface area contributed by atoms with Gasteiger partial charge in [-0.05, 0) is 44.5 Å². The van der Waals surface area contributed by atoms with Crippen LogP contribution in [0.25, 0.3) is 0 Å². The first-order valence-corrected chi connectivity index (χ1v) is 7.99. The lowest BCUT2D eigenvalue weighted by Gasteiger charge is -2.31. The van der Waals surface area contributed by atoms with E-state index < -0.39 is 26.6 Å². The Labute approximate surface area is 130 Å². The van der Waals surface area contributed by atoms with E-state index in [1.807, 2.05) is 7.05 Å². The van der Waals surface area contributed by atoms with Crippen LogP contribution in [-0.4, -0.2) is 39.4 Å². The van der Waals surface area contributed by atoms with E-state index in [1.165, 1.54) is 4.31 Å². The summed E-state index contributed by atoms with van der Waals surface area (Å²) in [5.74, 6) is -1.68. The van der Waals surface area contributed by atoms with Crippen molar-refractivity contribution in [3.8, 4) is 0 Å². The number of hydrogen-bond acceptors (Lipinski definition) is 3. The van der Waals surface area contributed by atoms with Gasteiger partial charge in [-0.15, -0.1) is 12.4 Å². The van der Waals surface area contributed by atoms with E-state index in [2.05, 4.69) is 5.32 Å². The minimum absolute atomic E-state index is 0. The molecule has 120 valence electrons. The maximum Gasteiger partial charge on any atom is 0.248 e. The summed E-state index contributed by atoms with van der Waals surface area (Å²) in [5.41, 5.74) is 0. The first-order chi connectivity index (χ1) is 9.46. The predicted octanol–water partition coefficient (Wildman–Crippen LogP) is 2.01. The monoisotopic (exact) mass is 340 g/mol. The van der Waals surface area contributed by atoms with Gasteiger partial charge in [0.15, 0.2) is 4.90 Å². The van der Waals surface area contributed by atoms with Crippen LogP contribution in [0.4, 0.5) is 8.78 Å². The van der Waals surface area contributed by atoms with Crippen molar-refractivity contribution in [3.63, 3.8) is 0 Å². The zero-order valence-electron chi connectivity index (χ0n) is 11.7. The van der Waals surface area contributed by atoms with Crippen LogP contribution in [0.3, 0.4) is 0 Å². The summed E-state index contributed by atoms with van der Waals surface area (Å²) >= 11 is 0. The highest BCUT2D eigenvalue weighted by Gasteiger charge is 2.33. The first kappa shape index (κ1) is 18.3. The highest BCUT2D eigenvalue weighted by molar-refractivity contribution is 7.89. The Kier molecular flexibility index (Phi) is 6.52. The molecule has 0 saturated carbocycles. The number of halogens is 3. The Morgan fingerprint density at radius 3 is 2.24 bits per heavy atom. The van der Waals surface area contributed by atoms with Crippen LogP contribution < -0.4 is 5.32 Å². The van der Waals surface area contributed by atoms with Gasteiger partial charge in [-0.1, -0.05) is 6.07 Å². The summed E-state index contributed by atoms with van der Waals surface area (Å²) in [6.45, 7) is 1.41. The molecular weight excluding hydrogens is 322 g/mol. The van der Waals surface area contributed by atoms with Crippen LogP contribution in [0.15, 0.2) is 23.1 Å². The molecule has 1 N–H and O–H groups in total. The van der Waals surface area contributed by atoms with Gasteiger partial charge in [0.2, 0.25) is 10.0 Å². The Morgan fingerprint density at radius 2 is 1.76 bits per heavy atom. The lowest BCUT2D eigenvalue weighted by molar-refractivity contribution is 0.269. The molecule has 0 radical (unpaired) electrons. The summed E-state index contributed by atoms with van der Waals surface area (Å²) in [6, 6.07) is 3.08. The third-order valence-corrected chi connectivity index (χ3v) is 5.53. The molecule has 1 aromatic rings. The minimum Gasteiger partial charge on any atom is -0.319 e. The molecule has 8 heteroatoms. The van der Waals surface area contributed by atoms with Gasteiger partial charge in [0.25, 0.3) is 0 Å². The third-order valence-electron chi connectivity index (χ3n) is 3.58. The standard InChI is InChI=1S/C13H18F2N2O2S.ClH/c1-16-9-10-5-7-17(8-6-10)20(18,19)13-11(14)3-2-4-12(13)15;/h2-4,10,16H,5-9H2,1H3;1H. The molecule has 0 unspecified atom stereocenters. The molecule has 4 nitrogen and oxygen atoms in total. The van der Waals surface area contributed by atoms with Gasteiger partial charge in [0.05, 0.1) is 0 Å². The second-order valence-corrected chi connectivity index (χ2v) is 6.83. The fourth-order valence-electron chi connectivity index (χ4n) is 2.50. The van der Waals surface area contributed by atoms with Crippen molar-refractivity contribution >= 4 is 22.4 Å². The smallest absolute Gasteiger partial charge is 0.248 e. The maximum absolute atomic E-state index is 13.6. The minimum atomic E-state index is -4.10. The molecule has 0 amide bonds. The third kappa shape index (κ3) is 3.91. The molecule has 0 aliphatic carbocycles. The van der Waals surface area contributed by atoms with Gasteiger partial charge < -0.3 is 5.32 Å². The fraction of sp³-hybridized carbons (Fsp3) is 0.538. The molecule has 0 spiro atoms. The van der Waals surface area contributed by atoms with Crippen LogP contribution in [0.2, 0.25) is 0 Å². The second-order valence-electron chi connectivity index (χ2n) is 4.96. The van der Waals surface area contributed by atoms with E-state index in [0.717, 1.165) is 24.7 Å². The van der Waals surface area contributed by atoms with E-state index in [1.54, 1.807) is 0 Å². The zero-order valence-corrected chi connectivity index (χ0v) is 13.3. The molecule has 1 fully saturated rings. The molecule has 0 atom stereocenters. The summed E-state index contributed by atoms with van der Waals surface area (Å²) in [4.78, 5) is -0.841. The summed E-state index contributed by atoms with van der Waals surface area (Å²) in [7, 11) is -2.25. The van der Waals surface area contributed by atoms with E-state index >= 15 is 0 Å². The van der Waals surface area contributed by atoms with Crippen LogP contribution in [0, 0.1) is 17.6 Å². The number of nitrogens with zero attached hydrogens (tertiary/aromatic N) is 1. The lowest BCUT2D eigenvalue weighted by Crippen LogP contribution is -2.40. The molecule has 1 aliphatic heterocycles. The zero-order chi connectivity index (χ0) is 14.8. The molecule has 0 bridgehead atoms. The molecule has 1 heterocycles. The number of hydrogen-bond donors (Lipinski definition) is 1. The summed E-state index contributed by atoms with van der Waals surface area (Å²) in [6.07, 6.45) is 1.38. The molecule has 21 heavy (non-hydrogen) atoms. The van der Waals surface area contributed by atoms with E-state index in [-0.39, 0.29) is 12.4 Å². The van der Waals surface area contributed by atoms with Crippen LogP contribution in [0.1, 0.15) is 12.8 Å². The fourth-order valence-corrected chi connectivity index (χ4v) is 4.08. The average Bonchev–Trinajstić information content (AvgIpc) is 2.39. The van der Waals surface area contributed by atoms with Gasteiger partial charge in [-0.25, -0.2) is 17.2 Å². The van der Waals surface area contributed by atoms with Crippen LogP contribution in [-0.2, 0) is 10.0 Å². The number of sulfonamides is 1. The van der Waals surface area contributed by atoms with Crippen molar-refractivity contribution in [2.45, 2.75) is 17.7 Å². The van der Waals surface area contributed by atoms with Crippen molar-refractivity contribution in [1.82, 2.24) is 9.62 Å². The lowest BCUT2D eigenvalue weighted by atomic mass is 9.98. The van der Waals surface area contributed by atoms with Crippen molar-refractivity contribution in [1.29, 1.82) is 0 Å². The molecule has 1 saturated heterocycles. The summed E-state index contributed by atoms with van der Waals surface area (Å²) < 4.78 is 53.1. The normalized spacial score (nSPS) is 17.5.